The van der Waals surface area contributed by atoms with Crippen LogP contribution in [0.15, 0.2) is 0 Å². The Balaban J connectivity index is 2.03. The first-order valence-corrected chi connectivity index (χ1v) is 7.05. The summed E-state index contributed by atoms with van der Waals surface area (Å²) in [6, 6.07) is 0.221. The minimum absolute atomic E-state index is 0.125. The van der Waals surface area contributed by atoms with Crippen molar-refractivity contribution < 1.29 is 14.2 Å². The van der Waals surface area contributed by atoms with Gasteiger partial charge in [-0.1, -0.05) is 0 Å². The predicted octanol–water partition coefficient (Wildman–Crippen LogP) is 1.17. The zero-order chi connectivity index (χ0) is 14.4. The van der Waals surface area contributed by atoms with Gasteiger partial charge in [-0.3, -0.25) is 0 Å². The minimum Gasteiger partial charge on any atom is -0.458 e. The third-order valence-electron chi connectivity index (χ3n) is 2.73. The van der Waals surface area contributed by atoms with Gasteiger partial charge in [0.25, 0.3) is 0 Å². The molecule has 112 valence electrons. The molecular weight excluding hydrogens is 284 g/mol. The Labute approximate surface area is 123 Å². The highest BCUT2D eigenvalue weighted by atomic mass is 35.5. The van der Waals surface area contributed by atoms with Crippen LogP contribution in [0.25, 0.3) is 0 Å². The molecule has 0 aromatic carbocycles. The van der Waals surface area contributed by atoms with Crippen molar-refractivity contribution in [3.63, 3.8) is 0 Å². The molecule has 0 amide bonds. The van der Waals surface area contributed by atoms with Crippen molar-refractivity contribution in [2.45, 2.75) is 20.0 Å². The van der Waals surface area contributed by atoms with Gasteiger partial charge >= 0.3 is 6.01 Å². The number of morpholine rings is 1. The molecule has 1 fully saturated rings. The lowest BCUT2D eigenvalue weighted by atomic mass is 10.4. The van der Waals surface area contributed by atoms with Crippen LogP contribution in [0.3, 0.4) is 0 Å². The Morgan fingerprint density at radius 1 is 1.30 bits per heavy atom. The quantitative estimate of drug-likeness (QED) is 0.781. The summed E-state index contributed by atoms with van der Waals surface area (Å²) in [4.78, 5) is 14.4. The van der Waals surface area contributed by atoms with Gasteiger partial charge in [0.1, 0.15) is 6.10 Å². The lowest BCUT2D eigenvalue weighted by Crippen LogP contribution is -2.37. The molecule has 0 radical (unpaired) electrons. The van der Waals surface area contributed by atoms with E-state index in [2.05, 4.69) is 15.0 Å². The minimum atomic E-state index is -0.147. The largest absolute Gasteiger partial charge is 0.458 e. The molecule has 1 saturated heterocycles. The number of hydrogen-bond donors (Lipinski definition) is 0. The van der Waals surface area contributed by atoms with Gasteiger partial charge in [-0.25, -0.2) is 0 Å². The molecule has 0 aliphatic carbocycles. The van der Waals surface area contributed by atoms with E-state index in [1.807, 2.05) is 18.7 Å². The van der Waals surface area contributed by atoms with Crippen LogP contribution in [0.1, 0.15) is 13.8 Å². The molecule has 0 bridgehead atoms. The molecule has 20 heavy (non-hydrogen) atoms. The maximum atomic E-state index is 5.93. The number of rotatable bonds is 6. The molecule has 1 atom stereocenters. The number of hydrogen-bond acceptors (Lipinski definition) is 7. The number of halogens is 1. The molecule has 1 aromatic heterocycles. The van der Waals surface area contributed by atoms with E-state index in [4.69, 9.17) is 25.8 Å². The summed E-state index contributed by atoms with van der Waals surface area (Å²) >= 11 is 5.93. The second-order valence-corrected chi connectivity index (χ2v) is 4.71. The van der Waals surface area contributed by atoms with Crippen LogP contribution in [-0.4, -0.2) is 60.6 Å². The van der Waals surface area contributed by atoms with Gasteiger partial charge in [0.05, 0.1) is 19.8 Å². The fourth-order valence-electron chi connectivity index (χ4n) is 1.78. The van der Waals surface area contributed by atoms with Gasteiger partial charge in [-0.2, -0.15) is 15.0 Å². The van der Waals surface area contributed by atoms with E-state index in [0.29, 0.717) is 32.4 Å². The number of ether oxygens (including phenoxy) is 3. The molecule has 1 aliphatic heterocycles. The topological polar surface area (TPSA) is 69.6 Å². The highest BCUT2D eigenvalue weighted by molar-refractivity contribution is 6.28. The standard InChI is InChI=1S/C12H19ClN4O3/c1-3-18-8-9(2)20-12-15-10(13)14-11(16-12)17-4-6-19-7-5-17/h9H,3-8H2,1-2H3. The molecule has 0 spiro atoms. The zero-order valence-corrected chi connectivity index (χ0v) is 12.5. The van der Waals surface area contributed by atoms with Crippen LogP contribution in [0, 0.1) is 0 Å². The van der Waals surface area contributed by atoms with Crippen molar-refractivity contribution in [1.29, 1.82) is 0 Å². The fourth-order valence-corrected chi connectivity index (χ4v) is 1.93. The van der Waals surface area contributed by atoms with Crippen molar-refractivity contribution in [3.05, 3.63) is 5.28 Å². The third kappa shape index (κ3) is 4.43. The molecule has 0 saturated carbocycles. The Bertz CT molecular complexity index is 429. The molecule has 1 aromatic rings. The number of anilines is 1. The summed E-state index contributed by atoms with van der Waals surface area (Å²) < 4.78 is 16.2. The van der Waals surface area contributed by atoms with Crippen LogP contribution >= 0.6 is 11.6 Å². The van der Waals surface area contributed by atoms with E-state index in [-0.39, 0.29) is 17.4 Å². The van der Waals surface area contributed by atoms with E-state index in [0.717, 1.165) is 13.1 Å². The Morgan fingerprint density at radius 2 is 2.05 bits per heavy atom. The van der Waals surface area contributed by atoms with Gasteiger partial charge in [-0.05, 0) is 25.4 Å². The van der Waals surface area contributed by atoms with Crippen molar-refractivity contribution in [2.75, 3.05) is 44.4 Å². The van der Waals surface area contributed by atoms with Crippen molar-refractivity contribution in [1.82, 2.24) is 15.0 Å². The van der Waals surface area contributed by atoms with Crippen LogP contribution in [0.4, 0.5) is 5.95 Å². The third-order valence-corrected chi connectivity index (χ3v) is 2.90. The first-order valence-electron chi connectivity index (χ1n) is 6.67. The molecule has 1 aliphatic rings. The zero-order valence-electron chi connectivity index (χ0n) is 11.7. The lowest BCUT2D eigenvalue weighted by Gasteiger charge is -2.26. The second kappa shape index (κ2) is 7.56. The van der Waals surface area contributed by atoms with Crippen LogP contribution in [-0.2, 0) is 9.47 Å². The van der Waals surface area contributed by atoms with E-state index < -0.39 is 0 Å². The summed E-state index contributed by atoms with van der Waals surface area (Å²) in [6.07, 6.45) is -0.147. The van der Waals surface area contributed by atoms with E-state index in [1.165, 1.54) is 0 Å². The lowest BCUT2D eigenvalue weighted by molar-refractivity contribution is 0.0605. The smallest absolute Gasteiger partial charge is 0.322 e. The predicted molar refractivity (Wildman–Crippen MR) is 74.5 cm³/mol. The Hall–Kier alpha value is -1.18. The van der Waals surface area contributed by atoms with Crippen LogP contribution < -0.4 is 9.64 Å². The second-order valence-electron chi connectivity index (χ2n) is 4.37. The highest BCUT2D eigenvalue weighted by Crippen LogP contribution is 2.17. The van der Waals surface area contributed by atoms with E-state index >= 15 is 0 Å². The average Bonchev–Trinajstić information content (AvgIpc) is 2.45. The summed E-state index contributed by atoms with van der Waals surface area (Å²) in [5, 5.41) is 0.125. The Kier molecular flexibility index (Phi) is 5.75. The molecule has 8 heteroatoms. The van der Waals surface area contributed by atoms with Gasteiger partial charge < -0.3 is 19.1 Å². The normalized spacial score (nSPS) is 17.1. The first kappa shape index (κ1) is 15.2. The number of nitrogens with zero attached hydrogens (tertiary/aromatic N) is 4. The summed E-state index contributed by atoms with van der Waals surface area (Å²) in [5.74, 6) is 0.520. The molecule has 1 unspecified atom stereocenters. The highest BCUT2D eigenvalue weighted by Gasteiger charge is 2.17. The maximum Gasteiger partial charge on any atom is 0.322 e. The first-order chi connectivity index (χ1) is 9.69. The van der Waals surface area contributed by atoms with Gasteiger partial charge in [0, 0.05) is 19.7 Å². The van der Waals surface area contributed by atoms with Crippen molar-refractivity contribution in [3.8, 4) is 6.01 Å². The molecule has 2 heterocycles. The summed E-state index contributed by atoms with van der Waals surface area (Å²) in [5.41, 5.74) is 0. The van der Waals surface area contributed by atoms with Gasteiger partial charge in [-0.15, -0.1) is 0 Å². The van der Waals surface area contributed by atoms with Crippen molar-refractivity contribution >= 4 is 17.5 Å². The molecular formula is C12H19ClN4O3. The maximum absolute atomic E-state index is 5.93. The fraction of sp³-hybridized carbons (Fsp3) is 0.750. The average molecular weight is 303 g/mol. The molecule has 2 rings (SSSR count). The molecule has 0 N–H and O–H groups in total. The monoisotopic (exact) mass is 302 g/mol. The van der Waals surface area contributed by atoms with Gasteiger partial charge in [0.2, 0.25) is 11.2 Å². The van der Waals surface area contributed by atoms with Crippen molar-refractivity contribution in [2.24, 2.45) is 0 Å². The van der Waals surface area contributed by atoms with E-state index in [9.17, 15) is 0 Å². The summed E-state index contributed by atoms with van der Waals surface area (Å²) in [6.45, 7) is 7.71. The van der Waals surface area contributed by atoms with Crippen LogP contribution in [0.2, 0.25) is 5.28 Å². The number of aromatic nitrogens is 3. The van der Waals surface area contributed by atoms with Gasteiger partial charge in [0.15, 0.2) is 0 Å². The Morgan fingerprint density at radius 3 is 2.75 bits per heavy atom. The molecule has 7 nitrogen and oxygen atoms in total. The van der Waals surface area contributed by atoms with Crippen LogP contribution in [0.5, 0.6) is 6.01 Å². The SMILES string of the molecule is CCOCC(C)Oc1nc(Cl)nc(N2CCOCC2)n1. The van der Waals surface area contributed by atoms with E-state index in [1.54, 1.807) is 0 Å². The summed E-state index contributed by atoms with van der Waals surface area (Å²) in [7, 11) is 0.